The molecule has 5 aromatic rings. The minimum Gasteiger partial charge on any atom is -0.344 e. The van der Waals surface area contributed by atoms with Gasteiger partial charge in [0.1, 0.15) is 0 Å². The Bertz CT molecular complexity index is 1250. The number of hydrogen-bond acceptors (Lipinski definition) is 1. The molecular formula is C31H25N. The van der Waals surface area contributed by atoms with Crippen LogP contribution in [-0.4, -0.2) is 7.05 Å². The Hall–Kier alpha value is -4.10. The van der Waals surface area contributed by atoms with Crippen LogP contribution >= 0.6 is 0 Å². The van der Waals surface area contributed by atoms with Crippen molar-refractivity contribution in [2.45, 2.75) is 0 Å². The Morgan fingerprint density at radius 3 is 1.38 bits per heavy atom. The first-order valence-electron chi connectivity index (χ1n) is 10.9. The largest absolute Gasteiger partial charge is 0.344 e. The van der Waals surface area contributed by atoms with Gasteiger partial charge in [0.2, 0.25) is 0 Å². The van der Waals surface area contributed by atoms with E-state index in [1.807, 2.05) is 0 Å². The fraction of sp³-hybridized carbons (Fsp3) is 0.0323. The van der Waals surface area contributed by atoms with Crippen molar-refractivity contribution in [1.29, 1.82) is 0 Å². The fourth-order valence-corrected chi connectivity index (χ4v) is 4.17. The molecule has 5 rings (SSSR count). The molecular weight excluding hydrogens is 386 g/mol. The van der Waals surface area contributed by atoms with Crippen molar-refractivity contribution in [3.63, 3.8) is 0 Å². The summed E-state index contributed by atoms with van der Waals surface area (Å²) in [6.07, 6.45) is 0. The van der Waals surface area contributed by atoms with E-state index in [2.05, 4.69) is 145 Å². The van der Waals surface area contributed by atoms with Crippen molar-refractivity contribution in [2.24, 2.45) is 0 Å². The highest BCUT2D eigenvalue weighted by Gasteiger charge is 2.13. The summed E-state index contributed by atoms with van der Waals surface area (Å²) >= 11 is 0. The molecule has 0 aliphatic carbocycles. The van der Waals surface area contributed by atoms with Crippen molar-refractivity contribution in [1.82, 2.24) is 0 Å². The Kier molecular flexibility index (Phi) is 5.55. The molecule has 0 spiro atoms. The molecule has 0 fully saturated rings. The third-order valence-corrected chi connectivity index (χ3v) is 5.87. The normalized spacial score (nSPS) is 10.7. The lowest BCUT2D eigenvalue weighted by atomic mass is 9.97. The molecule has 1 heteroatoms. The highest BCUT2D eigenvalue weighted by atomic mass is 15.1. The first-order valence-corrected chi connectivity index (χ1v) is 10.9. The minimum absolute atomic E-state index is 1.16. The van der Waals surface area contributed by atoms with E-state index in [0.29, 0.717) is 0 Å². The van der Waals surface area contributed by atoms with Crippen LogP contribution in [-0.2, 0) is 0 Å². The molecule has 32 heavy (non-hydrogen) atoms. The van der Waals surface area contributed by atoms with Gasteiger partial charge in [0, 0.05) is 24.0 Å². The molecule has 0 radical (unpaired) electrons. The van der Waals surface area contributed by atoms with Crippen molar-refractivity contribution in [3.8, 4) is 33.4 Å². The smallest absolute Gasteiger partial charge is 0.0487 e. The van der Waals surface area contributed by atoms with Gasteiger partial charge in [0.25, 0.3) is 0 Å². The van der Waals surface area contributed by atoms with E-state index in [9.17, 15) is 0 Å². The van der Waals surface area contributed by atoms with Gasteiger partial charge in [-0.2, -0.15) is 0 Å². The number of anilines is 2. The minimum atomic E-state index is 1.16. The van der Waals surface area contributed by atoms with E-state index < -0.39 is 0 Å². The van der Waals surface area contributed by atoms with Crippen LogP contribution in [0.15, 0.2) is 133 Å². The molecule has 0 heterocycles. The van der Waals surface area contributed by atoms with Crippen LogP contribution in [0.3, 0.4) is 0 Å². The average molecular weight is 412 g/mol. The number of hydrogen-bond donors (Lipinski definition) is 0. The maximum atomic E-state index is 2.29. The van der Waals surface area contributed by atoms with Crippen LogP contribution in [0, 0.1) is 0 Å². The summed E-state index contributed by atoms with van der Waals surface area (Å²) in [6, 6.07) is 47.2. The fourth-order valence-electron chi connectivity index (χ4n) is 4.17. The summed E-state index contributed by atoms with van der Waals surface area (Å²) < 4.78 is 0. The summed E-state index contributed by atoms with van der Waals surface area (Å²) in [5.41, 5.74) is 9.65. The topological polar surface area (TPSA) is 3.24 Å². The van der Waals surface area contributed by atoms with Crippen molar-refractivity contribution < 1.29 is 0 Å². The lowest BCUT2D eigenvalue weighted by molar-refractivity contribution is 1.21. The molecule has 5 aromatic carbocycles. The molecule has 0 aromatic heterocycles. The summed E-state index contributed by atoms with van der Waals surface area (Å²) in [5.74, 6) is 0. The van der Waals surface area contributed by atoms with E-state index in [4.69, 9.17) is 0 Å². The van der Waals surface area contributed by atoms with Crippen molar-refractivity contribution in [2.75, 3.05) is 11.9 Å². The van der Waals surface area contributed by atoms with Gasteiger partial charge in [-0.25, -0.2) is 0 Å². The molecule has 0 amide bonds. The molecule has 0 atom stereocenters. The van der Waals surface area contributed by atoms with Crippen molar-refractivity contribution >= 4 is 11.4 Å². The second-order valence-corrected chi connectivity index (χ2v) is 7.94. The molecule has 0 aliphatic heterocycles. The second kappa shape index (κ2) is 8.95. The van der Waals surface area contributed by atoms with Crippen LogP contribution in [0.5, 0.6) is 0 Å². The maximum absolute atomic E-state index is 2.29. The third kappa shape index (κ3) is 4.06. The zero-order valence-electron chi connectivity index (χ0n) is 18.1. The van der Waals surface area contributed by atoms with Gasteiger partial charge in [0.05, 0.1) is 0 Å². The Morgan fingerprint density at radius 1 is 0.406 bits per heavy atom. The SMILES string of the molecule is CN(c1cc(-c2ccccc2)cc(-c2ccccc2)c1)c1ccccc1-c1ccccc1. The van der Waals surface area contributed by atoms with E-state index in [1.54, 1.807) is 0 Å². The molecule has 154 valence electrons. The molecule has 1 nitrogen and oxygen atoms in total. The van der Waals surface area contributed by atoms with Crippen LogP contribution < -0.4 is 4.90 Å². The maximum Gasteiger partial charge on any atom is 0.0487 e. The zero-order chi connectivity index (χ0) is 21.8. The van der Waals surface area contributed by atoms with E-state index in [1.165, 1.54) is 39.1 Å². The molecule has 0 saturated carbocycles. The van der Waals surface area contributed by atoms with Gasteiger partial charge < -0.3 is 4.90 Å². The lowest BCUT2D eigenvalue weighted by Gasteiger charge is -2.24. The predicted molar refractivity (Wildman–Crippen MR) is 137 cm³/mol. The van der Waals surface area contributed by atoms with E-state index in [-0.39, 0.29) is 0 Å². The molecule has 0 unspecified atom stereocenters. The number of para-hydroxylation sites is 1. The quantitative estimate of drug-likeness (QED) is 0.280. The van der Waals surface area contributed by atoms with Gasteiger partial charge in [0.15, 0.2) is 0 Å². The van der Waals surface area contributed by atoms with E-state index in [0.717, 1.165) is 5.69 Å². The van der Waals surface area contributed by atoms with E-state index >= 15 is 0 Å². The first-order chi connectivity index (χ1) is 15.8. The Labute approximate surface area is 190 Å². The number of benzene rings is 5. The van der Waals surface area contributed by atoms with Gasteiger partial charge in [-0.1, -0.05) is 109 Å². The van der Waals surface area contributed by atoms with Gasteiger partial charge >= 0.3 is 0 Å². The van der Waals surface area contributed by atoms with Gasteiger partial charge in [-0.15, -0.1) is 0 Å². The Balaban J connectivity index is 1.65. The highest BCUT2D eigenvalue weighted by molar-refractivity contribution is 5.85. The molecule has 0 aliphatic rings. The van der Waals surface area contributed by atoms with Crippen molar-refractivity contribution in [3.05, 3.63) is 133 Å². The van der Waals surface area contributed by atoms with Crippen LogP contribution in [0.4, 0.5) is 11.4 Å². The molecule has 0 N–H and O–H groups in total. The lowest BCUT2D eigenvalue weighted by Crippen LogP contribution is -2.11. The van der Waals surface area contributed by atoms with Crippen LogP contribution in [0.25, 0.3) is 33.4 Å². The van der Waals surface area contributed by atoms with Crippen LogP contribution in [0.1, 0.15) is 0 Å². The first kappa shape index (κ1) is 19.8. The predicted octanol–water partition coefficient (Wildman–Crippen LogP) is 8.46. The molecule has 0 saturated heterocycles. The second-order valence-electron chi connectivity index (χ2n) is 7.94. The third-order valence-electron chi connectivity index (χ3n) is 5.87. The summed E-state index contributed by atoms with van der Waals surface area (Å²) in [5, 5.41) is 0. The van der Waals surface area contributed by atoms with Crippen LogP contribution in [0.2, 0.25) is 0 Å². The highest BCUT2D eigenvalue weighted by Crippen LogP contribution is 2.38. The summed E-state index contributed by atoms with van der Waals surface area (Å²) in [4.78, 5) is 2.29. The summed E-state index contributed by atoms with van der Waals surface area (Å²) in [7, 11) is 2.15. The van der Waals surface area contributed by atoms with Gasteiger partial charge in [-0.05, 0) is 52.1 Å². The monoisotopic (exact) mass is 411 g/mol. The summed E-state index contributed by atoms with van der Waals surface area (Å²) in [6.45, 7) is 0. The van der Waals surface area contributed by atoms with Gasteiger partial charge in [-0.3, -0.25) is 0 Å². The zero-order valence-corrected chi connectivity index (χ0v) is 18.1. The molecule has 0 bridgehead atoms. The standard InChI is InChI=1S/C31H25N/c1-32(31-20-12-11-19-30(31)26-17-9-4-10-18-26)29-22-27(24-13-5-2-6-14-24)21-28(23-29)25-15-7-3-8-16-25/h2-23H,1H3. The number of nitrogens with zero attached hydrogens (tertiary/aromatic N) is 1. The number of rotatable bonds is 5. The Morgan fingerprint density at radius 2 is 0.844 bits per heavy atom. The average Bonchev–Trinajstić information content (AvgIpc) is 2.89.